The lowest BCUT2D eigenvalue weighted by Gasteiger charge is -2.13. The smallest absolute Gasteiger partial charge is 0.387 e. The van der Waals surface area contributed by atoms with E-state index in [1.165, 1.54) is 5.56 Å². The van der Waals surface area contributed by atoms with Gasteiger partial charge in [0.2, 0.25) is 0 Å². The minimum atomic E-state index is -2.79. The summed E-state index contributed by atoms with van der Waals surface area (Å²) in [4.78, 5) is 0. The maximum Gasteiger partial charge on any atom is 0.387 e. The zero-order valence-corrected chi connectivity index (χ0v) is 13.4. The number of anilines is 1. The molecule has 0 saturated carbocycles. The molecule has 0 radical (unpaired) electrons. The first-order valence-corrected chi connectivity index (χ1v) is 7.29. The molecule has 0 atom stereocenters. The van der Waals surface area contributed by atoms with Gasteiger partial charge in [-0.15, -0.1) is 0 Å². The highest BCUT2D eigenvalue weighted by Crippen LogP contribution is 2.28. The van der Waals surface area contributed by atoms with Gasteiger partial charge in [-0.3, -0.25) is 0 Å². The van der Waals surface area contributed by atoms with E-state index >= 15 is 0 Å². The lowest BCUT2D eigenvalue weighted by atomic mass is 10.1. The fourth-order valence-electron chi connectivity index (χ4n) is 2.12. The second kappa shape index (κ2) is 6.89. The van der Waals surface area contributed by atoms with Crippen LogP contribution < -0.4 is 10.1 Å². The quantitative estimate of drug-likeness (QED) is 0.787. The SMILES string of the molecule is Cc1cc(C)c(NCc2ccc(OC(F)F)cc2)c(Br)c1. The third kappa shape index (κ3) is 4.43. The van der Waals surface area contributed by atoms with E-state index in [0.29, 0.717) is 6.54 Å². The van der Waals surface area contributed by atoms with Crippen LogP contribution in [0.3, 0.4) is 0 Å². The third-order valence-corrected chi connectivity index (χ3v) is 3.67. The molecule has 0 fully saturated rings. The summed E-state index contributed by atoms with van der Waals surface area (Å²) in [6, 6.07) is 10.8. The van der Waals surface area contributed by atoms with E-state index in [9.17, 15) is 8.78 Å². The van der Waals surface area contributed by atoms with Crippen LogP contribution in [0.4, 0.5) is 14.5 Å². The van der Waals surface area contributed by atoms with Gasteiger partial charge in [-0.05, 0) is 64.7 Å². The Hall–Kier alpha value is -1.62. The summed E-state index contributed by atoms with van der Waals surface area (Å²) >= 11 is 3.54. The van der Waals surface area contributed by atoms with E-state index in [2.05, 4.69) is 38.1 Å². The summed E-state index contributed by atoms with van der Waals surface area (Å²) in [5, 5.41) is 3.35. The number of hydrogen-bond donors (Lipinski definition) is 1. The van der Waals surface area contributed by atoms with E-state index in [1.54, 1.807) is 24.3 Å². The van der Waals surface area contributed by atoms with Crippen molar-refractivity contribution in [3.63, 3.8) is 0 Å². The van der Waals surface area contributed by atoms with Crippen molar-refractivity contribution in [1.29, 1.82) is 0 Å². The molecule has 2 rings (SSSR count). The normalized spacial score (nSPS) is 10.8. The van der Waals surface area contributed by atoms with Crippen molar-refractivity contribution >= 4 is 21.6 Å². The average Bonchev–Trinajstić information content (AvgIpc) is 2.38. The topological polar surface area (TPSA) is 21.3 Å². The van der Waals surface area contributed by atoms with E-state index in [-0.39, 0.29) is 5.75 Å². The summed E-state index contributed by atoms with van der Waals surface area (Å²) in [5.74, 6) is 0.168. The molecule has 0 aromatic heterocycles. The van der Waals surface area contributed by atoms with Gasteiger partial charge in [0.05, 0.1) is 5.69 Å². The summed E-state index contributed by atoms with van der Waals surface area (Å²) in [7, 11) is 0. The van der Waals surface area contributed by atoms with Gasteiger partial charge in [0.25, 0.3) is 0 Å². The summed E-state index contributed by atoms with van der Waals surface area (Å²) in [5.41, 5.74) is 4.37. The fourth-order valence-corrected chi connectivity index (χ4v) is 2.93. The number of nitrogens with one attached hydrogen (secondary N) is 1. The van der Waals surface area contributed by atoms with Crippen molar-refractivity contribution < 1.29 is 13.5 Å². The maximum absolute atomic E-state index is 12.1. The van der Waals surface area contributed by atoms with Gasteiger partial charge in [0, 0.05) is 11.0 Å². The molecule has 0 unspecified atom stereocenters. The Labute approximate surface area is 131 Å². The molecule has 0 heterocycles. The zero-order chi connectivity index (χ0) is 15.4. The minimum absolute atomic E-state index is 0.168. The molecule has 112 valence electrons. The predicted octanol–water partition coefficient (Wildman–Crippen LogP) is 5.28. The highest BCUT2D eigenvalue weighted by atomic mass is 79.9. The lowest BCUT2D eigenvalue weighted by molar-refractivity contribution is -0.0498. The standard InChI is InChI=1S/C16H16BrF2NO/c1-10-7-11(2)15(14(17)8-10)20-9-12-3-5-13(6-4-12)21-16(18)19/h3-8,16,20H,9H2,1-2H3. The Morgan fingerprint density at radius 3 is 2.38 bits per heavy atom. The predicted molar refractivity (Wildman–Crippen MR) is 84.0 cm³/mol. The molecular formula is C16H16BrF2NO. The Morgan fingerprint density at radius 1 is 1.14 bits per heavy atom. The number of halogens is 3. The summed E-state index contributed by atoms with van der Waals surface area (Å²) in [6.45, 7) is 1.90. The molecule has 2 nitrogen and oxygen atoms in total. The highest BCUT2D eigenvalue weighted by Gasteiger charge is 2.06. The number of ether oxygens (including phenoxy) is 1. The second-order valence-corrected chi connectivity index (χ2v) is 5.67. The van der Waals surface area contributed by atoms with Crippen molar-refractivity contribution in [3.05, 3.63) is 57.6 Å². The first-order chi connectivity index (χ1) is 9.95. The minimum Gasteiger partial charge on any atom is -0.435 e. The Morgan fingerprint density at radius 2 is 1.81 bits per heavy atom. The van der Waals surface area contributed by atoms with Crippen molar-refractivity contribution in [2.75, 3.05) is 5.32 Å². The van der Waals surface area contributed by atoms with Gasteiger partial charge in [-0.25, -0.2) is 0 Å². The van der Waals surface area contributed by atoms with Crippen molar-refractivity contribution in [3.8, 4) is 5.75 Å². The molecule has 2 aromatic carbocycles. The number of benzene rings is 2. The van der Waals surface area contributed by atoms with Crippen LogP contribution in [-0.2, 0) is 6.54 Å². The van der Waals surface area contributed by atoms with E-state index in [0.717, 1.165) is 21.3 Å². The van der Waals surface area contributed by atoms with Gasteiger partial charge in [-0.1, -0.05) is 18.2 Å². The number of hydrogen-bond acceptors (Lipinski definition) is 2. The van der Waals surface area contributed by atoms with Crippen LogP contribution in [0.25, 0.3) is 0 Å². The van der Waals surface area contributed by atoms with E-state index in [1.807, 2.05) is 13.8 Å². The number of rotatable bonds is 5. The number of aryl methyl sites for hydroxylation is 2. The van der Waals surface area contributed by atoms with Crippen LogP contribution >= 0.6 is 15.9 Å². The van der Waals surface area contributed by atoms with Gasteiger partial charge in [-0.2, -0.15) is 8.78 Å². The molecule has 1 N–H and O–H groups in total. The molecular weight excluding hydrogens is 340 g/mol. The fraction of sp³-hybridized carbons (Fsp3) is 0.250. The Kier molecular flexibility index (Phi) is 5.17. The lowest BCUT2D eigenvalue weighted by Crippen LogP contribution is -2.04. The molecule has 21 heavy (non-hydrogen) atoms. The molecule has 5 heteroatoms. The van der Waals surface area contributed by atoms with Crippen LogP contribution in [0.2, 0.25) is 0 Å². The zero-order valence-electron chi connectivity index (χ0n) is 11.8. The van der Waals surface area contributed by atoms with Gasteiger partial charge >= 0.3 is 6.61 Å². The van der Waals surface area contributed by atoms with Crippen LogP contribution in [0.1, 0.15) is 16.7 Å². The van der Waals surface area contributed by atoms with Crippen molar-refractivity contribution in [2.24, 2.45) is 0 Å². The summed E-state index contributed by atoms with van der Waals surface area (Å²) in [6.07, 6.45) is 0. The van der Waals surface area contributed by atoms with Crippen LogP contribution in [0, 0.1) is 13.8 Å². The molecule has 0 aliphatic carbocycles. The molecule has 2 aromatic rings. The molecule has 0 saturated heterocycles. The van der Waals surface area contributed by atoms with E-state index < -0.39 is 6.61 Å². The third-order valence-electron chi connectivity index (χ3n) is 3.05. The van der Waals surface area contributed by atoms with Crippen molar-refractivity contribution in [1.82, 2.24) is 0 Å². The monoisotopic (exact) mass is 355 g/mol. The van der Waals surface area contributed by atoms with Gasteiger partial charge in [0.1, 0.15) is 5.75 Å². The van der Waals surface area contributed by atoms with Crippen LogP contribution in [0.15, 0.2) is 40.9 Å². The number of alkyl halides is 2. The Bertz CT molecular complexity index is 591. The first kappa shape index (κ1) is 15.8. The van der Waals surface area contributed by atoms with Crippen LogP contribution in [-0.4, -0.2) is 6.61 Å². The average molecular weight is 356 g/mol. The first-order valence-electron chi connectivity index (χ1n) is 6.50. The molecule has 0 bridgehead atoms. The molecule has 0 aliphatic rings. The maximum atomic E-state index is 12.1. The molecule has 0 spiro atoms. The largest absolute Gasteiger partial charge is 0.435 e. The second-order valence-electron chi connectivity index (χ2n) is 4.81. The van der Waals surface area contributed by atoms with Gasteiger partial charge < -0.3 is 10.1 Å². The van der Waals surface area contributed by atoms with Gasteiger partial charge in [0.15, 0.2) is 0 Å². The highest BCUT2D eigenvalue weighted by molar-refractivity contribution is 9.10. The van der Waals surface area contributed by atoms with Crippen LogP contribution in [0.5, 0.6) is 5.75 Å². The van der Waals surface area contributed by atoms with E-state index in [4.69, 9.17) is 0 Å². The van der Waals surface area contributed by atoms with Crippen molar-refractivity contribution in [2.45, 2.75) is 27.0 Å². The molecule has 0 aliphatic heterocycles. The molecule has 0 amide bonds. The Balaban J connectivity index is 2.03. The summed E-state index contributed by atoms with van der Waals surface area (Å²) < 4.78 is 29.5.